The SMILES string of the molecule is COc1ccc([C@@]23CC[C@H](NC(=O)Nc4ccc(F)c(F)c4)C[C@H]2N(Cc2ccccn2)CC3)cc1OC. The van der Waals surface area contributed by atoms with Gasteiger partial charge in [-0.05, 0) is 74.2 Å². The van der Waals surface area contributed by atoms with Crippen molar-refractivity contribution < 1.29 is 23.0 Å². The highest BCUT2D eigenvalue weighted by Crippen LogP contribution is 2.50. The van der Waals surface area contributed by atoms with Crippen LogP contribution in [0.1, 0.15) is 36.9 Å². The maximum Gasteiger partial charge on any atom is 0.319 e. The minimum Gasteiger partial charge on any atom is -0.493 e. The second-order valence-corrected chi connectivity index (χ2v) is 9.98. The van der Waals surface area contributed by atoms with E-state index in [2.05, 4.69) is 32.7 Å². The molecule has 3 aromatic rings. The topological polar surface area (TPSA) is 75.7 Å². The minimum absolute atomic E-state index is 0.0807. The van der Waals surface area contributed by atoms with Gasteiger partial charge < -0.3 is 20.1 Å². The van der Waals surface area contributed by atoms with E-state index in [0.29, 0.717) is 18.0 Å². The summed E-state index contributed by atoms with van der Waals surface area (Å²) in [6, 6.07) is 15.1. The third kappa shape index (κ3) is 5.15. The van der Waals surface area contributed by atoms with Crippen LogP contribution in [0.2, 0.25) is 0 Å². The fourth-order valence-electron chi connectivity index (χ4n) is 6.07. The van der Waals surface area contributed by atoms with Gasteiger partial charge in [0.15, 0.2) is 23.1 Å². The van der Waals surface area contributed by atoms with Crippen molar-refractivity contribution >= 4 is 11.7 Å². The molecule has 1 aliphatic heterocycles. The second kappa shape index (κ2) is 10.9. The molecule has 0 spiro atoms. The number of fused-ring (bicyclic) bond motifs is 1. The standard InChI is InChI=1S/C29H32F2N4O3/c1-37-25-9-6-19(15-26(25)38-2)29-11-10-21(34-28(36)33-20-7-8-23(30)24(31)16-20)17-27(29)35(14-12-29)18-22-5-3-4-13-32-22/h3-9,13,15-16,21,27H,10-12,14,17-18H2,1-2H3,(H2,33,34,36)/t21-,27+,29-/m0/s1. The zero-order chi connectivity index (χ0) is 26.7. The van der Waals surface area contributed by atoms with E-state index >= 15 is 0 Å². The van der Waals surface area contributed by atoms with Crippen molar-refractivity contribution in [3.8, 4) is 11.5 Å². The van der Waals surface area contributed by atoms with Crippen LogP contribution in [0.5, 0.6) is 11.5 Å². The average molecular weight is 523 g/mol. The van der Waals surface area contributed by atoms with Crippen molar-refractivity contribution in [1.29, 1.82) is 0 Å². The molecule has 0 bridgehead atoms. The monoisotopic (exact) mass is 522 g/mol. The summed E-state index contributed by atoms with van der Waals surface area (Å²) in [5.74, 6) is -0.565. The van der Waals surface area contributed by atoms with E-state index in [0.717, 1.165) is 50.1 Å². The lowest BCUT2D eigenvalue weighted by atomic mass is 9.65. The summed E-state index contributed by atoms with van der Waals surface area (Å²) in [4.78, 5) is 19.7. The number of carbonyl (C=O) groups is 1. The number of carbonyl (C=O) groups excluding carboxylic acids is 1. The predicted octanol–water partition coefficient (Wildman–Crippen LogP) is 5.26. The second-order valence-electron chi connectivity index (χ2n) is 9.98. The van der Waals surface area contributed by atoms with Crippen LogP contribution in [-0.2, 0) is 12.0 Å². The van der Waals surface area contributed by atoms with Crippen LogP contribution in [0.4, 0.5) is 19.3 Å². The van der Waals surface area contributed by atoms with Gasteiger partial charge in [0.1, 0.15) is 0 Å². The number of aromatic nitrogens is 1. The normalized spacial score (nSPS) is 22.9. The van der Waals surface area contributed by atoms with E-state index in [9.17, 15) is 13.6 Å². The molecule has 2 N–H and O–H groups in total. The lowest BCUT2D eigenvalue weighted by Gasteiger charge is -2.45. The number of rotatable bonds is 7. The van der Waals surface area contributed by atoms with Crippen LogP contribution in [0.3, 0.4) is 0 Å². The summed E-state index contributed by atoms with van der Waals surface area (Å²) in [6.45, 7) is 1.62. The van der Waals surface area contributed by atoms with Gasteiger partial charge in [0.25, 0.3) is 0 Å². The van der Waals surface area contributed by atoms with E-state index in [1.165, 1.54) is 11.6 Å². The molecule has 7 nitrogen and oxygen atoms in total. The number of ether oxygens (including phenoxy) is 2. The summed E-state index contributed by atoms with van der Waals surface area (Å²) in [5, 5.41) is 5.68. The smallest absolute Gasteiger partial charge is 0.319 e. The molecule has 1 saturated heterocycles. The molecule has 2 amide bonds. The summed E-state index contributed by atoms with van der Waals surface area (Å²) in [6.07, 6.45) is 5.19. The molecule has 200 valence electrons. The van der Waals surface area contributed by atoms with Gasteiger partial charge in [-0.1, -0.05) is 12.1 Å². The van der Waals surface area contributed by atoms with E-state index in [1.54, 1.807) is 20.4 Å². The molecule has 2 heterocycles. The third-order valence-electron chi connectivity index (χ3n) is 7.93. The molecule has 0 radical (unpaired) electrons. The van der Waals surface area contributed by atoms with Gasteiger partial charge in [0, 0.05) is 42.0 Å². The lowest BCUT2D eigenvalue weighted by Crippen LogP contribution is -2.52. The number of halogens is 2. The maximum absolute atomic E-state index is 13.6. The van der Waals surface area contributed by atoms with Crippen LogP contribution >= 0.6 is 0 Å². The molecule has 0 unspecified atom stereocenters. The van der Waals surface area contributed by atoms with Gasteiger partial charge in [-0.3, -0.25) is 9.88 Å². The number of methoxy groups -OCH3 is 2. The van der Waals surface area contributed by atoms with Gasteiger partial charge in [-0.2, -0.15) is 0 Å². The number of amides is 2. The molecule has 9 heteroatoms. The van der Waals surface area contributed by atoms with Crippen LogP contribution in [0.25, 0.3) is 0 Å². The summed E-state index contributed by atoms with van der Waals surface area (Å²) in [7, 11) is 3.27. The van der Waals surface area contributed by atoms with Crippen molar-refractivity contribution in [3.63, 3.8) is 0 Å². The quantitative estimate of drug-likeness (QED) is 0.443. The zero-order valence-electron chi connectivity index (χ0n) is 21.5. The van der Waals surface area contributed by atoms with Crippen molar-refractivity contribution in [2.75, 3.05) is 26.1 Å². The molecule has 2 aromatic carbocycles. The predicted molar refractivity (Wildman–Crippen MR) is 140 cm³/mol. The fraction of sp³-hybridized carbons (Fsp3) is 0.379. The van der Waals surface area contributed by atoms with Crippen LogP contribution in [0.15, 0.2) is 60.8 Å². The van der Waals surface area contributed by atoms with Crippen molar-refractivity contribution in [2.45, 2.75) is 49.7 Å². The first-order chi connectivity index (χ1) is 18.4. The number of likely N-dealkylation sites (tertiary alicyclic amines) is 1. The van der Waals surface area contributed by atoms with E-state index in [-0.39, 0.29) is 23.2 Å². The zero-order valence-corrected chi connectivity index (χ0v) is 21.5. The van der Waals surface area contributed by atoms with Crippen molar-refractivity contribution in [3.05, 3.63) is 83.7 Å². The number of urea groups is 1. The number of pyridine rings is 1. The number of nitrogens with zero attached hydrogens (tertiary/aromatic N) is 2. The highest BCUT2D eigenvalue weighted by Gasteiger charge is 2.51. The first-order valence-electron chi connectivity index (χ1n) is 12.8. The Labute approximate surface area is 221 Å². The first-order valence-corrected chi connectivity index (χ1v) is 12.8. The number of nitrogens with one attached hydrogen (secondary N) is 2. The Morgan fingerprint density at radius 3 is 2.63 bits per heavy atom. The van der Waals surface area contributed by atoms with Gasteiger partial charge in [0.05, 0.1) is 19.9 Å². The van der Waals surface area contributed by atoms with E-state index in [1.807, 2.05) is 24.3 Å². The maximum atomic E-state index is 13.6. The molecule has 1 aliphatic carbocycles. The Morgan fingerprint density at radius 2 is 1.89 bits per heavy atom. The van der Waals surface area contributed by atoms with Gasteiger partial charge >= 0.3 is 6.03 Å². The molecule has 1 saturated carbocycles. The summed E-state index contributed by atoms with van der Waals surface area (Å²) in [5.41, 5.74) is 2.30. The molecule has 2 aliphatic rings. The third-order valence-corrected chi connectivity index (χ3v) is 7.93. The average Bonchev–Trinajstić information content (AvgIpc) is 3.29. The first kappa shape index (κ1) is 25.9. The van der Waals surface area contributed by atoms with E-state index in [4.69, 9.17) is 9.47 Å². The molecule has 5 rings (SSSR count). The molecule has 2 fully saturated rings. The molecule has 38 heavy (non-hydrogen) atoms. The largest absolute Gasteiger partial charge is 0.493 e. The Hall–Kier alpha value is -3.72. The molecular formula is C29H32F2N4O3. The van der Waals surface area contributed by atoms with Gasteiger partial charge in [-0.15, -0.1) is 0 Å². The van der Waals surface area contributed by atoms with Crippen LogP contribution < -0.4 is 20.1 Å². The fourth-order valence-corrected chi connectivity index (χ4v) is 6.07. The van der Waals surface area contributed by atoms with Gasteiger partial charge in [-0.25, -0.2) is 13.6 Å². The number of hydrogen-bond donors (Lipinski definition) is 2. The lowest BCUT2D eigenvalue weighted by molar-refractivity contribution is 0.130. The number of anilines is 1. The van der Waals surface area contributed by atoms with Gasteiger partial charge in [0.2, 0.25) is 0 Å². The highest BCUT2D eigenvalue weighted by molar-refractivity contribution is 5.89. The van der Waals surface area contributed by atoms with E-state index < -0.39 is 17.7 Å². The Bertz CT molecular complexity index is 1290. The number of hydrogen-bond acceptors (Lipinski definition) is 5. The Kier molecular flexibility index (Phi) is 7.46. The highest BCUT2D eigenvalue weighted by atomic mass is 19.2. The summed E-state index contributed by atoms with van der Waals surface area (Å²) < 4.78 is 37.9. The van der Waals surface area contributed by atoms with Crippen LogP contribution in [0, 0.1) is 11.6 Å². The minimum atomic E-state index is -1.00. The van der Waals surface area contributed by atoms with Crippen molar-refractivity contribution in [2.24, 2.45) is 0 Å². The van der Waals surface area contributed by atoms with Crippen molar-refractivity contribution in [1.82, 2.24) is 15.2 Å². The summed E-state index contributed by atoms with van der Waals surface area (Å²) >= 11 is 0. The van der Waals surface area contributed by atoms with Crippen LogP contribution in [-0.4, -0.2) is 48.8 Å². The molecular weight excluding hydrogens is 490 g/mol. The number of benzene rings is 2. The Balaban J connectivity index is 1.37. The Morgan fingerprint density at radius 1 is 1.05 bits per heavy atom. The molecule has 1 aromatic heterocycles. The molecule has 3 atom stereocenters.